The Balaban J connectivity index is 2.65. The first-order valence-electron chi connectivity index (χ1n) is 7.69. The van der Waals surface area contributed by atoms with Gasteiger partial charge in [-0.15, -0.1) is 11.8 Å². The van der Waals surface area contributed by atoms with Crippen molar-refractivity contribution in [2.45, 2.75) is 4.75 Å². The third-order valence-electron chi connectivity index (χ3n) is 3.68. The van der Waals surface area contributed by atoms with Gasteiger partial charge in [0.15, 0.2) is 0 Å². The average molecular weight is 321 g/mol. The van der Waals surface area contributed by atoms with Gasteiger partial charge in [-0.1, -0.05) is 92.0 Å². The summed E-state index contributed by atoms with van der Waals surface area (Å²) in [6, 6.07) is 21.0. The molecule has 23 heavy (non-hydrogen) atoms. The fraction of sp³-hybridized carbons (Fsp3) is 0.143. The van der Waals surface area contributed by atoms with E-state index in [2.05, 4.69) is 61.7 Å². The molecular weight excluding hydrogens is 298 g/mol. The van der Waals surface area contributed by atoms with E-state index in [-0.39, 0.29) is 4.75 Å². The van der Waals surface area contributed by atoms with E-state index >= 15 is 0 Å². The predicted octanol–water partition coefficient (Wildman–Crippen LogP) is 4.92. The Kier molecular flexibility index (Phi) is 6.45. The van der Waals surface area contributed by atoms with Gasteiger partial charge in [0.2, 0.25) is 0 Å². The molecule has 0 saturated heterocycles. The smallest absolute Gasteiger partial charge is 0.0901 e. The molecule has 0 fully saturated rings. The van der Waals surface area contributed by atoms with E-state index < -0.39 is 0 Å². The van der Waals surface area contributed by atoms with Gasteiger partial charge < -0.3 is 5.73 Å². The lowest BCUT2D eigenvalue weighted by molar-refractivity contribution is 0.895. The first-order chi connectivity index (χ1) is 11.3. The average Bonchev–Trinajstić information content (AvgIpc) is 2.62. The van der Waals surface area contributed by atoms with Crippen LogP contribution >= 0.6 is 11.8 Å². The first-order valence-corrected chi connectivity index (χ1v) is 8.68. The van der Waals surface area contributed by atoms with Crippen molar-refractivity contribution in [1.29, 1.82) is 0 Å². The van der Waals surface area contributed by atoms with E-state index in [9.17, 15) is 0 Å². The second kappa shape index (κ2) is 8.56. The van der Waals surface area contributed by atoms with Crippen LogP contribution in [0.15, 0.2) is 97.6 Å². The van der Waals surface area contributed by atoms with Crippen LogP contribution in [0.4, 0.5) is 0 Å². The maximum atomic E-state index is 5.81. The van der Waals surface area contributed by atoms with Gasteiger partial charge >= 0.3 is 0 Å². The van der Waals surface area contributed by atoms with Gasteiger partial charge in [-0.25, -0.2) is 0 Å². The van der Waals surface area contributed by atoms with E-state index in [4.69, 9.17) is 5.73 Å². The summed E-state index contributed by atoms with van der Waals surface area (Å²) < 4.78 is -0.346. The molecule has 0 amide bonds. The molecule has 2 aromatic carbocycles. The summed E-state index contributed by atoms with van der Waals surface area (Å²) in [5.41, 5.74) is 9.25. The molecule has 2 N–H and O–H groups in total. The van der Waals surface area contributed by atoms with Crippen molar-refractivity contribution in [3.63, 3.8) is 0 Å². The molecule has 2 heteroatoms. The molecule has 2 aromatic rings. The largest absolute Gasteiger partial charge is 0.330 e. The second-order valence-electron chi connectivity index (χ2n) is 5.17. The molecule has 1 nitrogen and oxygen atoms in total. The molecule has 118 valence electrons. The highest BCUT2D eigenvalue weighted by atomic mass is 32.2. The topological polar surface area (TPSA) is 26.0 Å². The number of hydrogen-bond donors (Lipinski definition) is 1. The highest BCUT2D eigenvalue weighted by Gasteiger charge is 2.36. The second-order valence-corrected chi connectivity index (χ2v) is 6.48. The van der Waals surface area contributed by atoms with E-state index in [1.54, 1.807) is 6.08 Å². The summed E-state index contributed by atoms with van der Waals surface area (Å²) in [5.74, 6) is 0.852. The Morgan fingerprint density at radius 1 is 1.00 bits per heavy atom. The molecular formula is C21H23NS. The zero-order chi connectivity index (χ0) is 16.5. The maximum absolute atomic E-state index is 5.81. The lowest BCUT2D eigenvalue weighted by Gasteiger charge is -2.35. The van der Waals surface area contributed by atoms with Crippen molar-refractivity contribution >= 4 is 11.8 Å². The molecule has 0 unspecified atom stereocenters. The fourth-order valence-electron chi connectivity index (χ4n) is 2.66. The number of nitrogens with two attached hydrogens (primary N) is 1. The molecule has 0 radical (unpaired) electrons. The molecule has 0 atom stereocenters. The Morgan fingerprint density at radius 3 is 1.96 bits per heavy atom. The molecule has 0 spiro atoms. The van der Waals surface area contributed by atoms with Crippen LogP contribution < -0.4 is 5.73 Å². The van der Waals surface area contributed by atoms with Gasteiger partial charge in [0, 0.05) is 12.3 Å². The van der Waals surface area contributed by atoms with Crippen molar-refractivity contribution in [1.82, 2.24) is 0 Å². The number of hydrogen-bond acceptors (Lipinski definition) is 2. The Morgan fingerprint density at radius 2 is 1.52 bits per heavy atom. The maximum Gasteiger partial charge on any atom is 0.0901 e. The van der Waals surface area contributed by atoms with E-state index in [1.807, 2.05) is 36.0 Å². The number of allylic oxidation sites excluding steroid dienone is 3. The Labute approximate surface area is 143 Å². The van der Waals surface area contributed by atoms with E-state index in [0.29, 0.717) is 6.54 Å². The summed E-state index contributed by atoms with van der Waals surface area (Å²) in [5, 5.41) is 0. The molecule has 0 bridgehead atoms. The molecule has 0 aliphatic rings. The van der Waals surface area contributed by atoms with Crippen molar-refractivity contribution in [2.75, 3.05) is 12.3 Å². The monoisotopic (exact) mass is 321 g/mol. The summed E-state index contributed by atoms with van der Waals surface area (Å²) in [6.45, 7) is 8.77. The molecule has 0 saturated carbocycles. The van der Waals surface area contributed by atoms with Gasteiger partial charge in [-0.2, -0.15) is 0 Å². The minimum Gasteiger partial charge on any atom is -0.330 e. The Bertz CT molecular complexity index is 619. The number of thioether (sulfide) groups is 1. The summed E-state index contributed by atoms with van der Waals surface area (Å²) >= 11 is 1.82. The van der Waals surface area contributed by atoms with E-state index in [0.717, 1.165) is 11.3 Å². The zero-order valence-electron chi connectivity index (χ0n) is 13.3. The minimum atomic E-state index is -0.346. The minimum absolute atomic E-state index is 0.346. The van der Waals surface area contributed by atoms with Crippen molar-refractivity contribution in [3.8, 4) is 0 Å². The van der Waals surface area contributed by atoms with Crippen molar-refractivity contribution < 1.29 is 0 Å². The van der Waals surface area contributed by atoms with Crippen molar-refractivity contribution in [3.05, 3.63) is 109 Å². The SMILES string of the molecule is C=C/C=C\C(=C)C(SCCN)(c1ccccc1)c1ccccc1. The normalized spacial score (nSPS) is 11.5. The summed E-state index contributed by atoms with van der Waals surface area (Å²) in [7, 11) is 0. The molecule has 0 aromatic heterocycles. The lowest BCUT2D eigenvalue weighted by Crippen LogP contribution is -2.27. The number of rotatable bonds is 8. The van der Waals surface area contributed by atoms with Crippen LogP contribution in [-0.4, -0.2) is 12.3 Å². The van der Waals surface area contributed by atoms with Gasteiger partial charge in [0.25, 0.3) is 0 Å². The number of benzene rings is 2. The van der Waals surface area contributed by atoms with Crippen LogP contribution in [0.2, 0.25) is 0 Å². The van der Waals surface area contributed by atoms with Crippen LogP contribution in [-0.2, 0) is 4.75 Å². The van der Waals surface area contributed by atoms with Crippen molar-refractivity contribution in [2.24, 2.45) is 5.73 Å². The molecule has 0 aliphatic heterocycles. The van der Waals surface area contributed by atoms with Gasteiger partial charge in [-0.05, 0) is 16.7 Å². The Hall–Kier alpha value is -2.03. The molecule has 2 rings (SSSR count). The first kappa shape index (κ1) is 17.3. The quantitative estimate of drug-likeness (QED) is 0.698. The molecule has 0 heterocycles. The van der Waals surface area contributed by atoms with Gasteiger partial charge in [0.1, 0.15) is 0 Å². The highest BCUT2D eigenvalue weighted by molar-refractivity contribution is 8.00. The highest BCUT2D eigenvalue weighted by Crippen LogP contribution is 2.48. The van der Waals surface area contributed by atoms with Crippen LogP contribution in [0, 0.1) is 0 Å². The predicted molar refractivity (Wildman–Crippen MR) is 104 cm³/mol. The van der Waals surface area contributed by atoms with Gasteiger partial charge in [-0.3, -0.25) is 0 Å². The summed E-state index contributed by atoms with van der Waals surface area (Å²) in [6.07, 6.45) is 5.75. The van der Waals surface area contributed by atoms with Crippen LogP contribution in [0.5, 0.6) is 0 Å². The molecule has 0 aliphatic carbocycles. The zero-order valence-corrected chi connectivity index (χ0v) is 14.1. The van der Waals surface area contributed by atoms with Crippen LogP contribution in [0.25, 0.3) is 0 Å². The lowest BCUT2D eigenvalue weighted by atomic mass is 9.84. The van der Waals surface area contributed by atoms with Crippen LogP contribution in [0.1, 0.15) is 11.1 Å². The van der Waals surface area contributed by atoms with Gasteiger partial charge in [0.05, 0.1) is 4.75 Å². The van der Waals surface area contributed by atoms with E-state index in [1.165, 1.54) is 11.1 Å². The third kappa shape index (κ3) is 3.84. The third-order valence-corrected chi connectivity index (χ3v) is 5.29. The summed E-state index contributed by atoms with van der Waals surface area (Å²) in [4.78, 5) is 0. The standard InChI is InChI=1S/C21H23NS/c1-3-4-11-18(2)21(23-17-16-22,19-12-7-5-8-13-19)20-14-9-6-10-15-20/h3-15H,1-2,16-17,22H2/b11-4-. The fourth-order valence-corrected chi connectivity index (χ4v) is 3.94. The van der Waals surface area contributed by atoms with Crippen LogP contribution in [0.3, 0.4) is 0 Å².